The molecule has 0 saturated heterocycles. The zero-order valence-electron chi connectivity index (χ0n) is 13.7. The molecular weight excluding hydrogens is 306 g/mol. The Bertz CT molecular complexity index is 781. The van der Waals surface area contributed by atoms with Crippen LogP contribution in [0.2, 0.25) is 0 Å². The number of rotatable bonds is 6. The van der Waals surface area contributed by atoms with E-state index >= 15 is 0 Å². The number of benzene rings is 1. The maximum Gasteiger partial charge on any atom is 0.147 e. The van der Waals surface area contributed by atoms with Gasteiger partial charge in [-0.15, -0.1) is 11.3 Å². The first-order valence-corrected chi connectivity index (χ1v) is 8.69. The average molecular weight is 327 g/mol. The standard InChI is InChI=1S/C18H21N3OS/c1-12(2)22-15-6-4-14(5-7-15)8-9-19-18-17-16(20-11-21-18)13(3)10-23-17/h4-7,10-12H,8-9H2,1-3H3,(H,19,20,21). The van der Waals surface area contributed by atoms with Crippen LogP contribution < -0.4 is 10.1 Å². The third-order valence-corrected chi connectivity index (χ3v) is 4.63. The van der Waals surface area contributed by atoms with Gasteiger partial charge in [-0.2, -0.15) is 0 Å². The fourth-order valence-electron chi connectivity index (χ4n) is 2.43. The predicted molar refractivity (Wildman–Crippen MR) is 96.6 cm³/mol. The number of aryl methyl sites for hydroxylation is 1. The quantitative estimate of drug-likeness (QED) is 0.727. The molecular formula is C18H21N3OS. The second-order valence-corrected chi connectivity index (χ2v) is 6.69. The molecule has 5 heteroatoms. The Morgan fingerprint density at radius 3 is 2.70 bits per heavy atom. The molecule has 0 spiro atoms. The van der Waals surface area contributed by atoms with E-state index in [2.05, 4.69) is 39.7 Å². The normalized spacial score (nSPS) is 11.1. The molecule has 2 aromatic heterocycles. The van der Waals surface area contributed by atoms with Crippen LogP contribution in [0.4, 0.5) is 5.82 Å². The SMILES string of the molecule is Cc1csc2c(NCCc3ccc(OC(C)C)cc3)ncnc12. The summed E-state index contributed by atoms with van der Waals surface area (Å²) in [5.41, 5.74) is 3.53. The van der Waals surface area contributed by atoms with E-state index < -0.39 is 0 Å². The number of ether oxygens (including phenoxy) is 1. The molecule has 0 aliphatic heterocycles. The Morgan fingerprint density at radius 1 is 1.17 bits per heavy atom. The van der Waals surface area contributed by atoms with E-state index in [0.29, 0.717) is 0 Å². The molecule has 0 fully saturated rings. The summed E-state index contributed by atoms with van der Waals surface area (Å²) in [7, 11) is 0. The van der Waals surface area contributed by atoms with Crippen LogP contribution in [-0.2, 0) is 6.42 Å². The van der Waals surface area contributed by atoms with Crippen molar-refractivity contribution in [1.82, 2.24) is 9.97 Å². The zero-order chi connectivity index (χ0) is 16.2. The largest absolute Gasteiger partial charge is 0.491 e. The lowest BCUT2D eigenvalue weighted by Gasteiger charge is -2.10. The Kier molecular flexibility index (Phi) is 4.76. The van der Waals surface area contributed by atoms with Gasteiger partial charge in [0.05, 0.1) is 16.3 Å². The van der Waals surface area contributed by atoms with Gasteiger partial charge >= 0.3 is 0 Å². The Balaban J connectivity index is 1.60. The third-order valence-electron chi connectivity index (χ3n) is 3.53. The van der Waals surface area contributed by atoms with Crippen LogP contribution in [0, 0.1) is 6.92 Å². The van der Waals surface area contributed by atoms with Gasteiger partial charge in [0.1, 0.15) is 17.9 Å². The highest BCUT2D eigenvalue weighted by molar-refractivity contribution is 7.18. The molecule has 4 nitrogen and oxygen atoms in total. The number of nitrogens with one attached hydrogen (secondary N) is 1. The number of fused-ring (bicyclic) bond motifs is 1. The second-order valence-electron chi connectivity index (χ2n) is 5.81. The van der Waals surface area contributed by atoms with Crippen molar-refractivity contribution in [3.63, 3.8) is 0 Å². The molecule has 3 rings (SSSR count). The lowest BCUT2D eigenvalue weighted by molar-refractivity contribution is 0.242. The van der Waals surface area contributed by atoms with E-state index in [1.54, 1.807) is 17.7 Å². The van der Waals surface area contributed by atoms with Crippen LogP contribution in [0.3, 0.4) is 0 Å². The van der Waals surface area contributed by atoms with Crippen LogP contribution >= 0.6 is 11.3 Å². The van der Waals surface area contributed by atoms with Gasteiger partial charge in [0, 0.05) is 6.54 Å². The molecule has 23 heavy (non-hydrogen) atoms. The molecule has 120 valence electrons. The number of aromatic nitrogens is 2. The van der Waals surface area contributed by atoms with Gasteiger partial charge in [0.25, 0.3) is 0 Å². The summed E-state index contributed by atoms with van der Waals surface area (Å²) in [6.07, 6.45) is 2.78. The maximum atomic E-state index is 5.66. The van der Waals surface area contributed by atoms with Gasteiger partial charge in [0.2, 0.25) is 0 Å². The van der Waals surface area contributed by atoms with E-state index in [4.69, 9.17) is 4.74 Å². The first kappa shape index (κ1) is 15.7. The predicted octanol–water partition coefficient (Wildman–Crippen LogP) is 4.44. The van der Waals surface area contributed by atoms with Crippen molar-refractivity contribution >= 4 is 27.4 Å². The minimum atomic E-state index is 0.206. The molecule has 3 aromatic rings. The summed E-state index contributed by atoms with van der Waals surface area (Å²) in [6.45, 7) is 6.99. The van der Waals surface area contributed by atoms with Crippen LogP contribution in [0.15, 0.2) is 36.0 Å². The number of nitrogens with zero attached hydrogens (tertiary/aromatic N) is 2. The van der Waals surface area contributed by atoms with E-state index in [1.807, 2.05) is 26.0 Å². The summed E-state index contributed by atoms with van der Waals surface area (Å²) >= 11 is 1.69. The van der Waals surface area contributed by atoms with Crippen molar-refractivity contribution in [1.29, 1.82) is 0 Å². The molecule has 1 N–H and O–H groups in total. The lowest BCUT2D eigenvalue weighted by Crippen LogP contribution is -2.07. The molecule has 0 bridgehead atoms. The smallest absolute Gasteiger partial charge is 0.147 e. The Labute approximate surface area is 140 Å². The molecule has 0 saturated carbocycles. The summed E-state index contributed by atoms with van der Waals surface area (Å²) in [5.74, 6) is 1.84. The fourth-order valence-corrected chi connectivity index (χ4v) is 3.40. The molecule has 0 aliphatic rings. The molecule has 0 unspecified atom stereocenters. The highest BCUT2D eigenvalue weighted by atomic mass is 32.1. The van der Waals surface area contributed by atoms with Crippen LogP contribution in [0.25, 0.3) is 10.2 Å². The van der Waals surface area contributed by atoms with Crippen molar-refractivity contribution in [2.24, 2.45) is 0 Å². The summed E-state index contributed by atoms with van der Waals surface area (Å²) in [6, 6.07) is 8.29. The molecule has 0 atom stereocenters. The van der Waals surface area contributed by atoms with E-state index in [1.165, 1.54) is 11.1 Å². The molecule has 0 radical (unpaired) electrons. The van der Waals surface area contributed by atoms with Crippen molar-refractivity contribution in [3.05, 3.63) is 47.1 Å². The van der Waals surface area contributed by atoms with E-state index in [-0.39, 0.29) is 6.10 Å². The lowest BCUT2D eigenvalue weighted by atomic mass is 10.1. The number of hydrogen-bond acceptors (Lipinski definition) is 5. The first-order valence-electron chi connectivity index (χ1n) is 7.82. The highest BCUT2D eigenvalue weighted by Crippen LogP contribution is 2.28. The third kappa shape index (κ3) is 3.79. The Morgan fingerprint density at radius 2 is 1.96 bits per heavy atom. The van der Waals surface area contributed by atoms with Crippen molar-refractivity contribution < 1.29 is 4.74 Å². The minimum absolute atomic E-state index is 0.206. The second kappa shape index (κ2) is 6.96. The summed E-state index contributed by atoms with van der Waals surface area (Å²) in [5, 5.41) is 5.55. The Hall–Kier alpha value is -2.14. The van der Waals surface area contributed by atoms with Crippen molar-refractivity contribution in [3.8, 4) is 5.75 Å². The van der Waals surface area contributed by atoms with Gasteiger partial charge in [0.15, 0.2) is 0 Å². The number of thiophene rings is 1. The number of hydrogen-bond donors (Lipinski definition) is 1. The average Bonchev–Trinajstić information content (AvgIpc) is 2.91. The van der Waals surface area contributed by atoms with E-state index in [9.17, 15) is 0 Å². The van der Waals surface area contributed by atoms with Crippen LogP contribution in [0.1, 0.15) is 25.0 Å². The maximum absolute atomic E-state index is 5.66. The van der Waals surface area contributed by atoms with Crippen molar-refractivity contribution in [2.75, 3.05) is 11.9 Å². The summed E-state index contributed by atoms with van der Waals surface area (Å²) < 4.78 is 6.79. The molecule has 1 aromatic carbocycles. The molecule has 2 heterocycles. The van der Waals surface area contributed by atoms with Gasteiger partial charge in [-0.05, 0) is 55.8 Å². The van der Waals surface area contributed by atoms with Gasteiger partial charge in [-0.3, -0.25) is 0 Å². The van der Waals surface area contributed by atoms with Crippen LogP contribution in [-0.4, -0.2) is 22.6 Å². The first-order chi connectivity index (χ1) is 11.1. The fraction of sp³-hybridized carbons (Fsp3) is 0.333. The van der Waals surface area contributed by atoms with Crippen LogP contribution in [0.5, 0.6) is 5.75 Å². The molecule has 0 aliphatic carbocycles. The highest BCUT2D eigenvalue weighted by Gasteiger charge is 2.07. The van der Waals surface area contributed by atoms with Crippen molar-refractivity contribution in [2.45, 2.75) is 33.3 Å². The summed E-state index contributed by atoms with van der Waals surface area (Å²) in [4.78, 5) is 8.71. The minimum Gasteiger partial charge on any atom is -0.491 e. The monoisotopic (exact) mass is 327 g/mol. The van der Waals surface area contributed by atoms with Gasteiger partial charge in [-0.25, -0.2) is 9.97 Å². The van der Waals surface area contributed by atoms with E-state index in [0.717, 1.165) is 34.7 Å². The van der Waals surface area contributed by atoms with Gasteiger partial charge in [-0.1, -0.05) is 12.1 Å². The zero-order valence-corrected chi connectivity index (χ0v) is 14.5. The number of anilines is 1. The van der Waals surface area contributed by atoms with Gasteiger partial charge < -0.3 is 10.1 Å². The molecule has 0 amide bonds. The topological polar surface area (TPSA) is 47.0 Å².